The summed E-state index contributed by atoms with van der Waals surface area (Å²) < 4.78 is 19.6. The Kier molecular flexibility index (Phi) is 6.17. The molecule has 31 heavy (non-hydrogen) atoms. The molecule has 1 aromatic carbocycles. The molecule has 2 aliphatic rings. The Labute approximate surface area is 178 Å². The molecule has 4 rings (SSSR count). The van der Waals surface area contributed by atoms with Gasteiger partial charge in [-0.15, -0.1) is 0 Å². The van der Waals surface area contributed by atoms with Crippen LogP contribution in [0.3, 0.4) is 0 Å². The molecule has 10 heteroatoms. The van der Waals surface area contributed by atoms with Gasteiger partial charge < -0.3 is 29.8 Å². The molecule has 3 amide bonds. The van der Waals surface area contributed by atoms with Crippen LogP contribution in [0, 0.1) is 5.82 Å². The van der Waals surface area contributed by atoms with E-state index in [1.54, 1.807) is 11.0 Å². The van der Waals surface area contributed by atoms with Crippen LogP contribution in [-0.4, -0.2) is 59.1 Å². The van der Waals surface area contributed by atoms with Gasteiger partial charge in [0.05, 0.1) is 5.69 Å². The lowest BCUT2D eigenvalue weighted by atomic mass is 10.00. The van der Waals surface area contributed by atoms with E-state index in [-0.39, 0.29) is 17.5 Å². The molecular weight excluding hydrogens is 405 g/mol. The summed E-state index contributed by atoms with van der Waals surface area (Å²) in [7, 11) is 0. The van der Waals surface area contributed by atoms with Gasteiger partial charge in [-0.3, -0.25) is 5.32 Å². The van der Waals surface area contributed by atoms with Crippen LogP contribution in [0.4, 0.5) is 25.5 Å². The number of aromatic nitrogens is 1. The van der Waals surface area contributed by atoms with Crippen molar-refractivity contribution in [3.8, 4) is 11.5 Å². The molecule has 0 aliphatic carbocycles. The fraction of sp³-hybridized carbons (Fsp3) is 0.381. The van der Waals surface area contributed by atoms with Crippen LogP contribution >= 0.6 is 0 Å². The van der Waals surface area contributed by atoms with Crippen LogP contribution in [0.15, 0.2) is 36.5 Å². The first-order chi connectivity index (χ1) is 15.0. The minimum absolute atomic E-state index is 0.165. The molecule has 9 nitrogen and oxygen atoms in total. The largest absolute Gasteiger partial charge is 0.530 e. The first-order valence-corrected chi connectivity index (χ1v) is 10.2. The third kappa shape index (κ3) is 5.21. The number of benzene rings is 1. The van der Waals surface area contributed by atoms with Gasteiger partial charge in [0.2, 0.25) is 0 Å². The Bertz CT molecular complexity index is 961. The molecule has 2 aromatic rings. The van der Waals surface area contributed by atoms with Crippen LogP contribution in [0.1, 0.15) is 19.3 Å². The number of nitrogens with one attached hydrogen (secondary N) is 2. The summed E-state index contributed by atoms with van der Waals surface area (Å²) in [6, 6.07) is 7.15. The van der Waals surface area contributed by atoms with Gasteiger partial charge in [-0.1, -0.05) is 0 Å². The van der Waals surface area contributed by atoms with Crippen molar-refractivity contribution in [1.29, 1.82) is 0 Å². The van der Waals surface area contributed by atoms with E-state index in [4.69, 9.17) is 4.74 Å². The molecule has 0 bridgehead atoms. The molecule has 3 heterocycles. The van der Waals surface area contributed by atoms with Crippen LogP contribution in [0.25, 0.3) is 0 Å². The lowest BCUT2D eigenvalue weighted by molar-refractivity contribution is -0.242. The molecule has 0 atom stereocenters. The van der Waals surface area contributed by atoms with Crippen molar-refractivity contribution in [3.05, 3.63) is 42.3 Å². The molecule has 164 valence electrons. The predicted octanol–water partition coefficient (Wildman–Crippen LogP) is 2.47. The van der Waals surface area contributed by atoms with Crippen molar-refractivity contribution in [2.45, 2.75) is 25.3 Å². The highest BCUT2D eigenvalue weighted by molar-refractivity contribution is 5.88. The number of amides is 3. The molecule has 0 radical (unpaired) electrons. The third-order valence-electron chi connectivity index (χ3n) is 5.54. The molecule has 0 spiro atoms. The number of rotatable bonds is 5. The Balaban J connectivity index is 1.33. The Morgan fingerprint density at radius 2 is 1.81 bits per heavy atom. The lowest BCUT2D eigenvalue weighted by Crippen LogP contribution is -2.51. The second kappa shape index (κ2) is 9.17. The van der Waals surface area contributed by atoms with E-state index < -0.39 is 11.9 Å². The molecule has 2 aliphatic heterocycles. The van der Waals surface area contributed by atoms with Gasteiger partial charge in [-0.25, -0.2) is 14.2 Å². The number of piperidine rings is 1. The number of carbonyl (C=O) groups is 2. The van der Waals surface area contributed by atoms with Crippen LogP contribution < -0.4 is 20.5 Å². The number of nitrogens with zero attached hydrogens (tertiary/aromatic N) is 3. The summed E-state index contributed by atoms with van der Waals surface area (Å²) in [5, 5.41) is 15.2. The van der Waals surface area contributed by atoms with Crippen LogP contribution in [-0.2, 0) is 0 Å². The lowest BCUT2D eigenvalue weighted by Gasteiger charge is -2.42. The van der Waals surface area contributed by atoms with Gasteiger partial charge in [0, 0.05) is 37.5 Å². The standard InChI is InChI=1S/C21H24FN5O4/c22-17-12-15(2-3-18(17)24-21(29)30)31-16-4-7-23-19(13-16)25-20(28)27-10-5-14(6-11-27)26-8-1-9-26/h2-4,7,12-14,24H,1,5-6,8-11H2,(H,29,30)(H,23,25,28)/p-1. The highest BCUT2D eigenvalue weighted by Gasteiger charge is 2.29. The highest BCUT2D eigenvalue weighted by Crippen LogP contribution is 2.27. The number of urea groups is 1. The molecule has 0 saturated carbocycles. The van der Waals surface area contributed by atoms with Gasteiger partial charge in [-0.2, -0.15) is 0 Å². The number of hydrogen-bond acceptors (Lipinski definition) is 6. The first-order valence-electron chi connectivity index (χ1n) is 10.2. The van der Waals surface area contributed by atoms with Gasteiger partial charge in [0.15, 0.2) is 0 Å². The molecule has 1 aromatic heterocycles. The molecule has 2 saturated heterocycles. The zero-order chi connectivity index (χ0) is 21.8. The number of likely N-dealkylation sites (tertiary alicyclic amines) is 2. The zero-order valence-electron chi connectivity index (χ0n) is 16.8. The zero-order valence-corrected chi connectivity index (χ0v) is 16.8. The van der Waals surface area contributed by atoms with E-state index in [1.807, 2.05) is 5.32 Å². The number of pyridine rings is 1. The maximum atomic E-state index is 14.0. The van der Waals surface area contributed by atoms with Crippen molar-refractivity contribution in [2.24, 2.45) is 0 Å². The fourth-order valence-electron chi connectivity index (χ4n) is 3.78. The SMILES string of the molecule is O=C([O-])Nc1ccc(Oc2ccnc(NC(=O)N3CCC(N4CCC4)CC3)c2)cc1F. The quantitative estimate of drug-likeness (QED) is 0.757. The highest BCUT2D eigenvalue weighted by atomic mass is 19.1. The van der Waals surface area contributed by atoms with E-state index in [0.717, 1.165) is 32.0 Å². The minimum Gasteiger partial charge on any atom is -0.530 e. The number of ether oxygens (including phenoxy) is 1. The number of anilines is 2. The maximum Gasteiger partial charge on any atom is 0.323 e. The van der Waals surface area contributed by atoms with E-state index in [2.05, 4.69) is 15.2 Å². The van der Waals surface area contributed by atoms with Gasteiger partial charge in [-0.05, 0) is 50.6 Å². The smallest absolute Gasteiger partial charge is 0.323 e. The third-order valence-corrected chi connectivity index (χ3v) is 5.54. The van der Waals surface area contributed by atoms with Gasteiger partial charge in [0.25, 0.3) is 0 Å². The summed E-state index contributed by atoms with van der Waals surface area (Å²) in [6.07, 6.45) is 3.07. The fourth-order valence-corrected chi connectivity index (χ4v) is 3.78. The van der Waals surface area contributed by atoms with Gasteiger partial charge >= 0.3 is 6.03 Å². The Morgan fingerprint density at radius 1 is 1.06 bits per heavy atom. The van der Waals surface area contributed by atoms with Crippen molar-refractivity contribution in [1.82, 2.24) is 14.8 Å². The van der Waals surface area contributed by atoms with E-state index in [1.165, 1.54) is 30.8 Å². The summed E-state index contributed by atoms with van der Waals surface area (Å²) in [6.45, 7) is 3.73. The molecule has 2 N–H and O–H groups in total. The van der Waals surface area contributed by atoms with Gasteiger partial charge in [0.1, 0.15) is 29.2 Å². The summed E-state index contributed by atoms with van der Waals surface area (Å²) in [4.78, 5) is 31.5. The van der Waals surface area contributed by atoms with E-state index in [9.17, 15) is 19.1 Å². The number of halogens is 1. The molecule has 2 fully saturated rings. The second-order valence-electron chi connectivity index (χ2n) is 7.57. The van der Waals surface area contributed by atoms with Crippen LogP contribution in [0.5, 0.6) is 11.5 Å². The number of carboxylic acid groups (broad SMARTS) is 1. The van der Waals surface area contributed by atoms with E-state index >= 15 is 0 Å². The molecular formula is C21H23FN5O4-. The predicted molar refractivity (Wildman–Crippen MR) is 110 cm³/mol. The Morgan fingerprint density at radius 3 is 2.45 bits per heavy atom. The van der Waals surface area contributed by atoms with Crippen LogP contribution in [0.2, 0.25) is 0 Å². The van der Waals surface area contributed by atoms with Crippen molar-refractivity contribution in [3.63, 3.8) is 0 Å². The minimum atomic E-state index is -1.60. The molecule has 0 unspecified atom stereocenters. The average molecular weight is 428 g/mol. The summed E-state index contributed by atoms with van der Waals surface area (Å²) in [5.74, 6) is 0.0359. The van der Waals surface area contributed by atoms with Crippen molar-refractivity contribution < 1.29 is 23.8 Å². The second-order valence-corrected chi connectivity index (χ2v) is 7.57. The van der Waals surface area contributed by atoms with Crippen molar-refractivity contribution in [2.75, 3.05) is 36.8 Å². The normalized spacial score (nSPS) is 17.0. The average Bonchev–Trinajstić information content (AvgIpc) is 2.69. The van der Waals surface area contributed by atoms with E-state index in [0.29, 0.717) is 30.7 Å². The topological polar surface area (TPSA) is 110 Å². The van der Waals surface area contributed by atoms with Crippen molar-refractivity contribution >= 4 is 23.6 Å². The number of carbonyl (C=O) groups excluding carboxylic acids is 2. The number of hydrogen-bond donors (Lipinski definition) is 2. The monoisotopic (exact) mass is 428 g/mol. The summed E-state index contributed by atoms with van der Waals surface area (Å²) >= 11 is 0. The summed E-state index contributed by atoms with van der Waals surface area (Å²) in [5.41, 5.74) is -0.229. The Hall–Kier alpha value is -3.40. The first kappa shape index (κ1) is 20.9. The maximum absolute atomic E-state index is 14.0.